The van der Waals surface area contributed by atoms with E-state index in [1.54, 1.807) is 0 Å². The molecule has 87 heavy (non-hydrogen) atoms. The Kier molecular flexibility index (Phi) is 11.8. The highest BCUT2D eigenvalue weighted by molar-refractivity contribution is 6.23. The molecule has 2 heteroatoms. The van der Waals surface area contributed by atoms with Gasteiger partial charge in [0.15, 0.2) is 0 Å². The molecule has 17 rings (SSSR count). The van der Waals surface area contributed by atoms with Crippen molar-refractivity contribution in [1.82, 2.24) is 0 Å². The van der Waals surface area contributed by atoms with E-state index >= 15 is 0 Å². The summed E-state index contributed by atoms with van der Waals surface area (Å²) in [7, 11) is 0. The first-order valence-electron chi connectivity index (χ1n) is 30.2. The number of fused-ring (bicyclic) bond motifs is 17. The number of rotatable bonds is 10. The highest BCUT2D eigenvalue weighted by atomic mass is 15.2. The van der Waals surface area contributed by atoms with E-state index in [9.17, 15) is 0 Å². The molecule has 2 aliphatic carbocycles. The molecular formula is C85H56N2. The maximum absolute atomic E-state index is 2.57. The standard InChI is InChI=1S/C85H56N2/c1-7-27-57(28-8-1)61-47-50-66(59-31-11-3-12-32-59)79(53-61)86(63-35-15-5-16-36-63)65-49-52-74-75(55-65)68-39-19-21-43-72(68)82-76-56-81(71-42-20-22-44-73(71)83(76)85(84(74)82)77-45-25-23-40-69(77)70-41-24-26-46-78(70)85)87(64-37-17-6-18-38-64)80-54-62(58-29-9-2-10-30-58)48-51-67(80)60-33-13-4-14-34-60/h1-56H. The van der Waals surface area contributed by atoms with E-state index in [4.69, 9.17) is 0 Å². The fourth-order valence-electron chi connectivity index (χ4n) is 14.8. The van der Waals surface area contributed by atoms with Gasteiger partial charge in [-0.3, -0.25) is 0 Å². The van der Waals surface area contributed by atoms with E-state index in [1.165, 1.54) is 88.0 Å². The van der Waals surface area contributed by atoms with Crippen LogP contribution >= 0.6 is 0 Å². The predicted molar refractivity (Wildman–Crippen MR) is 366 cm³/mol. The van der Waals surface area contributed by atoms with Gasteiger partial charge in [-0.25, -0.2) is 0 Å². The lowest BCUT2D eigenvalue weighted by molar-refractivity contribution is 0.809. The third-order valence-corrected chi connectivity index (χ3v) is 18.4. The number of hydrogen-bond donors (Lipinski definition) is 0. The molecule has 0 saturated heterocycles. The van der Waals surface area contributed by atoms with Crippen molar-refractivity contribution >= 4 is 66.4 Å². The van der Waals surface area contributed by atoms with Gasteiger partial charge in [-0.1, -0.05) is 285 Å². The van der Waals surface area contributed by atoms with Crippen LogP contribution in [0.3, 0.4) is 0 Å². The van der Waals surface area contributed by atoms with Crippen molar-refractivity contribution < 1.29 is 0 Å². The molecule has 15 aromatic carbocycles. The van der Waals surface area contributed by atoms with Gasteiger partial charge in [-0.2, -0.15) is 0 Å². The number of anilines is 6. The lowest BCUT2D eigenvalue weighted by atomic mass is 9.68. The van der Waals surface area contributed by atoms with Crippen LogP contribution in [0.1, 0.15) is 22.3 Å². The van der Waals surface area contributed by atoms with Crippen molar-refractivity contribution in [2.75, 3.05) is 9.80 Å². The van der Waals surface area contributed by atoms with Crippen LogP contribution in [0.25, 0.3) is 99.1 Å². The summed E-state index contributed by atoms with van der Waals surface area (Å²) in [5.74, 6) is 0. The molecule has 1 spiro atoms. The van der Waals surface area contributed by atoms with Crippen molar-refractivity contribution in [3.63, 3.8) is 0 Å². The minimum absolute atomic E-state index is 0.705. The molecule has 0 atom stereocenters. The first-order chi connectivity index (χ1) is 43.2. The fraction of sp³-hybridized carbons (Fsp3) is 0.0118. The fourth-order valence-corrected chi connectivity index (χ4v) is 14.8. The summed E-state index contributed by atoms with van der Waals surface area (Å²) in [5.41, 5.74) is 25.5. The van der Waals surface area contributed by atoms with E-state index in [-0.39, 0.29) is 0 Å². The SMILES string of the molecule is c1ccc(-c2ccc(-c3ccccc3)c(N(c3ccccc3)c3ccc4c5c(c6ccccc6c4c3)-c3cc(N(c4ccccc4)c4cc(-c6ccccc6)ccc4-c4ccccc4)c4ccccc4c3C53c4ccccc4-c4ccccc43)c2)cc1. The maximum atomic E-state index is 2.57. The molecule has 0 aromatic heterocycles. The van der Waals surface area contributed by atoms with Gasteiger partial charge in [-0.15, -0.1) is 0 Å². The van der Waals surface area contributed by atoms with Crippen molar-refractivity contribution in [3.8, 4) is 66.8 Å². The molecule has 2 nitrogen and oxygen atoms in total. The van der Waals surface area contributed by atoms with Crippen LogP contribution in [0.15, 0.2) is 340 Å². The van der Waals surface area contributed by atoms with E-state index in [1.807, 2.05) is 0 Å². The molecule has 0 heterocycles. The Morgan fingerprint density at radius 3 is 1.15 bits per heavy atom. The quantitative estimate of drug-likeness (QED) is 0.126. The van der Waals surface area contributed by atoms with Crippen LogP contribution in [0.2, 0.25) is 0 Å². The molecular weight excluding hydrogens is 1050 g/mol. The van der Waals surface area contributed by atoms with Gasteiger partial charge < -0.3 is 9.80 Å². The Hall–Kier alpha value is -11.3. The summed E-state index contributed by atoms with van der Waals surface area (Å²) < 4.78 is 0. The minimum atomic E-state index is -0.705. The van der Waals surface area contributed by atoms with Gasteiger partial charge in [0.25, 0.3) is 0 Å². The van der Waals surface area contributed by atoms with Crippen LogP contribution in [0.5, 0.6) is 0 Å². The van der Waals surface area contributed by atoms with Crippen LogP contribution in [0, 0.1) is 0 Å². The topological polar surface area (TPSA) is 6.48 Å². The summed E-state index contributed by atoms with van der Waals surface area (Å²) in [5, 5.41) is 7.28. The van der Waals surface area contributed by atoms with Gasteiger partial charge in [0, 0.05) is 33.6 Å². The number of benzene rings is 15. The zero-order valence-corrected chi connectivity index (χ0v) is 47.7. The van der Waals surface area contributed by atoms with Crippen LogP contribution in [-0.4, -0.2) is 0 Å². The monoisotopic (exact) mass is 1100 g/mol. The van der Waals surface area contributed by atoms with E-state index < -0.39 is 5.41 Å². The van der Waals surface area contributed by atoms with E-state index in [0.29, 0.717) is 0 Å². The Labute approximate surface area is 507 Å². The van der Waals surface area contributed by atoms with Gasteiger partial charge in [-0.05, 0) is 159 Å². The summed E-state index contributed by atoms with van der Waals surface area (Å²) in [6.45, 7) is 0. The lowest BCUT2D eigenvalue weighted by Crippen LogP contribution is -2.27. The van der Waals surface area contributed by atoms with Gasteiger partial charge in [0.05, 0.1) is 22.5 Å². The largest absolute Gasteiger partial charge is 0.310 e. The molecule has 0 N–H and O–H groups in total. The van der Waals surface area contributed by atoms with Crippen molar-refractivity contribution in [1.29, 1.82) is 0 Å². The smallest absolute Gasteiger partial charge is 0.0737 e. The Balaban J connectivity index is 0.991. The van der Waals surface area contributed by atoms with E-state index in [2.05, 4.69) is 350 Å². The predicted octanol–water partition coefficient (Wildman–Crippen LogP) is 23.1. The normalized spacial score (nSPS) is 12.5. The highest BCUT2D eigenvalue weighted by Crippen LogP contribution is 2.68. The zero-order valence-electron chi connectivity index (χ0n) is 47.7. The second-order valence-electron chi connectivity index (χ2n) is 23.0. The summed E-state index contributed by atoms with van der Waals surface area (Å²) in [4.78, 5) is 5.03. The molecule has 0 saturated carbocycles. The molecule has 406 valence electrons. The molecule has 0 amide bonds. The average Bonchev–Trinajstić information content (AvgIpc) is 1.50. The third kappa shape index (κ3) is 7.88. The Morgan fingerprint density at radius 2 is 0.609 bits per heavy atom. The first kappa shape index (κ1) is 50.2. The molecule has 0 fully saturated rings. The summed E-state index contributed by atoms with van der Waals surface area (Å²) in [6.07, 6.45) is 0. The molecule has 2 aliphatic rings. The van der Waals surface area contributed by atoms with Gasteiger partial charge in [0.1, 0.15) is 0 Å². The summed E-state index contributed by atoms with van der Waals surface area (Å²) in [6, 6.07) is 126. The van der Waals surface area contributed by atoms with Crippen LogP contribution in [-0.2, 0) is 5.41 Å². The number of nitrogens with zero attached hydrogens (tertiary/aromatic N) is 2. The van der Waals surface area contributed by atoms with E-state index in [0.717, 1.165) is 67.5 Å². The van der Waals surface area contributed by atoms with Crippen molar-refractivity contribution in [2.45, 2.75) is 5.41 Å². The first-order valence-corrected chi connectivity index (χ1v) is 30.2. The second kappa shape index (κ2) is 20.5. The molecule has 0 unspecified atom stereocenters. The molecule has 0 radical (unpaired) electrons. The maximum Gasteiger partial charge on any atom is 0.0737 e. The zero-order chi connectivity index (χ0) is 57.4. The molecule has 15 aromatic rings. The van der Waals surface area contributed by atoms with Crippen molar-refractivity contribution in [2.24, 2.45) is 0 Å². The molecule has 0 bridgehead atoms. The molecule has 0 aliphatic heterocycles. The minimum Gasteiger partial charge on any atom is -0.310 e. The van der Waals surface area contributed by atoms with Crippen LogP contribution < -0.4 is 9.80 Å². The van der Waals surface area contributed by atoms with Gasteiger partial charge >= 0.3 is 0 Å². The Morgan fingerprint density at radius 1 is 0.195 bits per heavy atom. The van der Waals surface area contributed by atoms with Crippen LogP contribution in [0.4, 0.5) is 34.1 Å². The third-order valence-electron chi connectivity index (χ3n) is 18.4. The number of para-hydroxylation sites is 2. The second-order valence-corrected chi connectivity index (χ2v) is 23.0. The van der Waals surface area contributed by atoms with Crippen molar-refractivity contribution in [3.05, 3.63) is 362 Å². The average molecular weight is 1110 g/mol. The highest BCUT2D eigenvalue weighted by Gasteiger charge is 2.54. The summed E-state index contributed by atoms with van der Waals surface area (Å²) >= 11 is 0. The van der Waals surface area contributed by atoms with Gasteiger partial charge in [0.2, 0.25) is 0 Å². The number of hydrogen-bond acceptors (Lipinski definition) is 2. The lowest BCUT2D eigenvalue weighted by Gasteiger charge is -2.34. The Bertz CT molecular complexity index is 5090.